The van der Waals surface area contributed by atoms with Crippen molar-refractivity contribution in [2.24, 2.45) is 0 Å². The summed E-state index contributed by atoms with van der Waals surface area (Å²) in [5, 5.41) is 3.59. The van der Waals surface area contributed by atoms with E-state index in [-0.39, 0.29) is 11.9 Å². The lowest BCUT2D eigenvalue weighted by Crippen LogP contribution is -2.44. The van der Waals surface area contributed by atoms with Gasteiger partial charge in [-0.15, -0.1) is 0 Å². The van der Waals surface area contributed by atoms with Crippen molar-refractivity contribution in [1.29, 1.82) is 0 Å². The van der Waals surface area contributed by atoms with Gasteiger partial charge < -0.3 is 5.32 Å². The molecule has 112 valence electrons. The van der Waals surface area contributed by atoms with Gasteiger partial charge in [0.15, 0.2) is 0 Å². The summed E-state index contributed by atoms with van der Waals surface area (Å²) in [5.41, 5.74) is 0.840. The molecule has 0 aliphatic carbocycles. The number of nitrogens with zero attached hydrogens (tertiary/aromatic N) is 1. The van der Waals surface area contributed by atoms with Gasteiger partial charge in [-0.1, -0.05) is 38.5 Å². The van der Waals surface area contributed by atoms with Crippen LogP contribution in [0.3, 0.4) is 0 Å². The Labute approximate surface area is 122 Å². The Morgan fingerprint density at radius 2 is 2.10 bits per heavy atom. The molecule has 2 atom stereocenters. The second-order valence-corrected chi connectivity index (χ2v) is 5.68. The average Bonchev–Trinajstić information content (AvgIpc) is 2.49. The van der Waals surface area contributed by atoms with Crippen molar-refractivity contribution in [3.63, 3.8) is 0 Å². The van der Waals surface area contributed by atoms with E-state index in [2.05, 4.69) is 24.1 Å². The highest BCUT2D eigenvalue weighted by molar-refractivity contribution is 5.21. The van der Waals surface area contributed by atoms with Gasteiger partial charge in [0.25, 0.3) is 0 Å². The van der Waals surface area contributed by atoms with Crippen LogP contribution in [0.2, 0.25) is 0 Å². The molecule has 1 aromatic carbocycles. The number of likely N-dealkylation sites (N-methyl/N-ethyl adjacent to an activating group) is 1. The van der Waals surface area contributed by atoms with Gasteiger partial charge in [0.2, 0.25) is 0 Å². The summed E-state index contributed by atoms with van der Waals surface area (Å²) in [6.07, 6.45) is 4.78. The monoisotopic (exact) mass is 278 g/mol. The fourth-order valence-electron chi connectivity index (χ4n) is 3.26. The second-order valence-electron chi connectivity index (χ2n) is 5.68. The largest absolute Gasteiger partial charge is 0.313 e. The second kappa shape index (κ2) is 7.75. The highest BCUT2D eigenvalue weighted by atomic mass is 19.1. The van der Waals surface area contributed by atoms with Crippen molar-refractivity contribution in [2.75, 3.05) is 19.6 Å². The molecule has 1 fully saturated rings. The van der Waals surface area contributed by atoms with Crippen LogP contribution in [0.5, 0.6) is 0 Å². The van der Waals surface area contributed by atoms with E-state index in [1.54, 1.807) is 12.1 Å². The standard InChI is InChI=1S/C17H27FN2/c1-3-17(15-10-5-6-11-16(15)18)20(4-2)13-14-9-7-8-12-19-14/h5-6,10-11,14,17,19H,3-4,7-9,12-13H2,1-2H3. The molecule has 2 nitrogen and oxygen atoms in total. The van der Waals surface area contributed by atoms with E-state index >= 15 is 0 Å². The van der Waals surface area contributed by atoms with E-state index in [0.29, 0.717) is 6.04 Å². The fourth-order valence-corrected chi connectivity index (χ4v) is 3.26. The summed E-state index contributed by atoms with van der Waals surface area (Å²) >= 11 is 0. The van der Waals surface area contributed by atoms with Crippen molar-refractivity contribution in [3.8, 4) is 0 Å². The quantitative estimate of drug-likeness (QED) is 0.852. The molecule has 1 saturated heterocycles. The predicted octanol–water partition coefficient (Wildman–Crippen LogP) is 3.74. The topological polar surface area (TPSA) is 15.3 Å². The minimum atomic E-state index is -0.0746. The Morgan fingerprint density at radius 1 is 1.30 bits per heavy atom. The molecule has 1 aliphatic rings. The average molecular weight is 278 g/mol. The van der Waals surface area contributed by atoms with Crippen molar-refractivity contribution < 1.29 is 4.39 Å². The minimum Gasteiger partial charge on any atom is -0.313 e. The molecule has 0 saturated carbocycles. The third kappa shape index (κ3) is 3.80. The lowest BCUT2D eigenvalue weighted by molar-refractivity contribution is 0.167. The smallest absolute Gasteiger partial charge is 0.127 e. The van der Waals surface area contributed by atoms with Crippen LogP contribution < -0.4 is 5.32 Å². The predicted molar refractivity (Wildman–Crippen MR) is 82.3 cm³/mol. The first-order chi connectivity index (χ1) is 9.76. The minimum absolute atomic E-state index is 0.0746. The van der Waals surface area contributed by atoms with E-state index in [1.165, 1.54) is 19.3 Å². The van der Waals surface area contributed by atoms with E-state index in [4.69, 9.17) is 0 Å². The number of hydrogen-bond acceptors (Lipinski definition) is 2. The zero-order valence-corrected chi connectivity index (χ0v) is 12.7. The molecule has 3 heteroatoms. The highest BCUT2D eigenvalue weighted by Gasteiger charge is 2.23. The summed E-state index contributed by atoms with van der Waals surface area (Å²) in [6, 6.07) is 7.96. The van der Waals surface area contributed by atoms with Crippen LogP contribution in [0, 0.1) is 5.82 Å². The van der Waals surface area contributed by atoms with Crippen LogP contribution in [-0.4, -0.2) is 30.6 Å². The van der Waals surface area contributed by atoms with Gasteiger partial charge in [0.1, 0.15) is 5.82 Å². The number of benzene rings is 1. The maximum atomic E-state index is 14.1. The first-order valence-electron chi connectivity index (χ1n) is 7.98. The van der Waals surface area contributed by atoms with Gasteiger partial charge in [-0.25, -0.2) is 4.39 Å². The van der Waals surface area contributed by atoms with Crippen LogP contribution in [0.15, 0.2) is 24.3 Å². The zero-order valence-electron chi connectivity index (χ0n) is 12.7. The van der Waals surface area contributed by atoms with Crippen molar-refractivity contribution >= 4 is 0 Å². The summed E-state index contributed by atoms with van der Waals surface area (Å²) in [6.45, 7) is 7.42. The molecule has 0 amide bonds. The molecule has 20 heavy (non-hydrogen) atoms. The summed E-state index contributed by atoms with van der Waals surface area (Å²) in [7, 11) is 0. The van der Waals surface area contributed by atoms with Gasteiger partial charge in [0, 0.05) is 24.2 Å². The molecular weight excluding hydrogens is 251 g/mol. The maximum Gasteiger partial charge on any atom is 0.127 e. The van der Waals surface area contributed by atoms with Crippen LogP contribution in [0.1, 0.15) is 51.1 Å². The Hall–Kier alpha value is -0.930. The van der Waals surface area contributed by atoms with Crippen LogP contribution >= 0.6 is 0 Å². The molecule has 1 aromatic rings. The molecule has 0 aromatic heterocycles. The van der Waals surface area contributed by atoms with E-state index in [1.807, 2.05) is 12.1 Å². The van der Waals surface area contributed by atoms with Crippen LogP contribution in [-0.2, 0) is 0 Å². The normalized spacial score (nSPS) is 21.1. The molecule has 1 heterocycles. The van der Waals surface area contributed by atoms with Gasteiger partial charge in [-0.3, -0.25) is 4.90 Å². The van der Waals surface area contributed by atoms with Gasteiger partial charge >= 0.3 is 0 Å². The molecular formula is C17H27FN2. The van der Waals surface area contributed by atoms with Crippen LogP contribution in [0.4, 0.5) is 4.39 Å². The van der Waals surface area contributed by atoms with Gasteiger partial charge in [0.05, 0.1) is 0 Å². The molecule has 2 unspecified atom stereocenters. The van der Waals surface area contributed by atoms with Crippen molar-refractivity contribution in [3.05, 3.63) is 35.6 Å². The molecule has 2 rings (SSSR count). The number of hydrogen-bond donors (Lipinski definition) is 1. The van der Waals surface area contributed by atoms with E-state index in [9.17, 15) is 4.39 Å². The fraction of sp³-hybridized carbons (Fsp3) is 0.647. The number of halogens is 1. The lowest BCUT2D eigenvalue weighted by atomic mass is 9.99. The first kappa shape index (κ1) is 15.5. The summed E-state index contributed by atoms with van der Waals surface area (Å²) in [5.74, 6) is -0.0746. The Bertz CT molecular complexity index is 402. The Balaban J connectivity index is 2.08. The van der Waals surface area contributed by atoms with Gasteiger partial charge in [-0.2, -0.15) is 0 Å². The molecule has 1 aliphatic heterocycles. The number of rotatable bonds is 6. The molecule has 0 spiro atoms. The van der Waals surface area contributed by atoms with Crippen molar-refractivity contribution in [1.82, 2.24) is 10.2 Å². The molecule has 0 bridgehead atoms. The number of piperidine rings is 1. The zero-order chi connectivity index (χ0) is 14.4. The first-order valence-corrected chi connectivity index (χ1v) is 7.98. The summed E-state index contributed by atoms with van der Waals surface area (Å²) < 4.78 is 14.1. The Kier molecular flexibility index (Phi) is 5.99. The van der Waals surface area contributed by atoms with E-state index in [0.717, 1.165) is 31.6 Å². The van der Waals surface area contributed by atoms with Gasteiger partial charge in [-0.05, 0) is 38.4 Å². The third-order valence-electron chi connectivity index (χ3n) is 4.37. The number of nitrogens with one attached hydrogen (secondary N) is 1. The molecule has 1 N–H and O–H groups in total. The van der Waals surface area contributed by atoms with E-state index < -0.39 is 0 Å². The van der Waals surface area contributed by atoms with Crippen molar-refractivity contribution in [2.45, 2.75) is 51.6 Å². The Morgan fingerprint density at radius 3 is 2.70 bits per heavy atom. The highest BCUT2D eigenvalue weighted by Crippen LogP contribution is 2.27. The third-order valence-corrected chi connectivity index (χ3v) is 4.37. The maximum absolute atomic E-state index is 14.1. The summed E-state index contributed by atoms with van der Waals surface area (Å²) in [4.78, 5) is 2.42. The SMILES string of the molecule is CCC(c1ccccc1F)N(CC)CC1CCCCN1. The lowest BCUT2D eigenvalue weighted by Gasteiger charge is -2.35. The molecule has 0 radical (unpaired) electrons. The van der Waals surface area contributed by atoms with Crippen LogP contribution in [0.25, 0.3) is 0 Å².